The van der Waals surface area contributed by atoms with Crippen LogP contribution in [0.1, 0.15) is 18.1 Å². The summed E-state index contributed by atoms with van der Waals surface area (Å²) in [6.07, 6.45) is 0. The Morgan fingerprint density at radius 2 is 2.17 bits per heavy atom. The lowest BCUT2D eigenvalue weighted by Crippen LogP contribution is -2.34. The van der Waals surface area contributed by atoms with Gasteiger partial charge in [-0.15, -0.1) is 0 Å². The number of hydrogen-bond donors (Lipinski definition) is 1. The highest BCUT2D eigenvalue weighted by Crippen LogP contribution is 2.16. The molecule has 1 rings (SSSR count). The molecule has 0 radical (unpaired) electrons. The lowest BCUT2D eigenvalue weighted by atomic mass is 10.1. The van der Waals surface area contributed by atoms with Crippen LogP contribution in [0.2, 0.25) is 5.02 Å². The van der Waals surface area contributed by atoms with E-state index in [4.69, 9.17) is 11.6 Å². The highest BCUT2D eigenvalue weighted by Gasteiger charge is 2.14. The Bertz CT molecular complexity index is 420. The van der Waals surface area contributed by atoms with E-state index >= 15 is 0 Å². The van der Waals surface area contributed by atoms with Crippen LogP contribution < -0.4 is 5.32 Å². The quantitative estimate of drug-likeness (QED) is 0.890. The number of carbonyl (C=O) groups is 1. The molecule has 3 nitrogen and oxygen atoms in total. The monoisotopic (exact) mass is 268 g/mol. The second-order valence-corrected chi connectivity index (χ2v) is 5.22. The molecule has 0 heterocycles. The van der Waals surface area contributed by atoms with Crippen LogP contribution in [0.5, 0.6) is 0 Å². The van der Waals surface area contributed by atoms with Gasteiger partial charge in [-0.25, -0.2) is 0 Å². The first kappa shape index (κ1) is 15.0. The fourth-order valence-electron chi connectivity index (χ4n) is 1.99. The van der Waals surface area contributed by atoms with Crippen LogP contribution >= 0.6 is 11.6 Å². The van der Waals surface area contributed by atoms with Crippen molar-refractivity contribution < 1.29 is 4.79 Å². The molecule has 1 aromatic carbocycles. The zero-order chi connectivity index (χ0) is 13.7. The zero-order valence-electron chi connectivity index (χ0n) is 11.5. The number of rotatable bonds is 5. The van der Waals surface area contributed by atoms with Crippen molar-refractivity contribution in [3.63, 3.8) is 0 Å². The Kier molecular flexibility index (Phi) is 5.63. The lowest BCUT2D eigenvalue weighted by Gasteiger charge is -2.21. The van der Waals surface area contributed by atoms with E-state index < -0.39 is 0 Å². The fraction of sp³-hybridized carbons (Fsp3) is 0.500. The summed E-state index contributed by atoms with van der Waals surface area (Å²) in [7, 11) is 3.69. The van der Waals surface area contributed by atoms with Crippen molar-refractivity contribution in [3.8, 4) is 0 Å². The number of carbonyl (C=O) groups excluding carboxylic acids is 1. The van der Waals surface area contributed by atoms with Crippen LogP contribution in [0.4, 0.5) is 0 Å². The summed E-state index contributed by atoms with van der Waals surface area (Å²) in [6.45, 7) is 5.55. The number of halogens is 1. The molecule has 0 aliphatic carbocycles. The van der Waals surface area contributed by atoms with Gasteiger partial charge in [-0.2, -0.15) is 0 Å². The Morgan fingerprint density at radius 3 is 2.72 bits per heavy atom. The molecule has 0 aliphatic heterocycles. The lowest BCUT2D eigenvalue weighted by molar-refractivity contribution is -0.124. The number of nitrogens with zero attached hydrogens (tertiary/aromatic N) is 1. The maximum Gasteiger partial charge on any atom is 0.223 e. The molecular formula is C14H21ClN2O. The minimum Gasteiger partial charge on any atom is -0.359 e. The number of nitrogens with one attached hydrogen (secondary N) is 1. The second kappa shape index (κ2) is 6.76. The fourth-order valence-corrected chi connectivity index (χ4v) is 2.22. The van der Waals surface area contributed by atoms with Gasteiger partial charge < -0.3 is 10.2 Å². The number of aryl methyl sites for hydroxylation is 1. The zero-order valence-corrected chi connectivity index (χ0v) is 12.2. The molecule has 1 atom stereocenters. The first-order valence-electron chi connectivity index (χ1n) is 6.09. The molecule has 4 heteroatoms. The topological polar surface area (TPSA) is 32.3 Å². The first-order valence-corrected chi connectivity index (χ1v) is 6.47. The van der Waals surface area contributed by atoms with Gasteiger partial charge in [-0.3, -0.25) is 4.79 Å². The summed E-state index contributed by atoms with van der Waals surface area (Å²) < 4.78 is 0. The molecule has 0 fully saturated rings. The van der Waals surface area contributed by atoms with E-state index in [0.29, 0.717) is 0 Å². The Hall–Kier alpha value is -1.06. The molecule has 0 spiro atoms. The maximum absolute atomic E-state index is 11.5. The van der Waals surface area contributed by atoms with Crippen LogP contribution in [-0.2, 0) is 11.3 Å². The summed E-state index contributed by atoms with van der Waals surface area (Å²) in [5.41, 5.74) is 2.42. The Labute approximate surface area is 114 Å². The van der Waals surface area contributed by atoms with Gasteiger partial charge in [-0.1, -0.05) is 24.6 Å². The van der Waals surface area contributed by atoms with E-state index in [1.54, 1.807) is 7.05 Å². The minimum absolute atomic E-state index is 0.00685. The van der Waals surface area contributed by atoms with Crippen molar-refractivity contribution in [2.24, 2.45) is 5.92 Å². The molecular weight excluding hydrogens is 248 g/mol. The van der Waals surface area contributed by atoms with Crippen LogP contribution in [0.3, 0.4) is 0 Å². The van der Waals surface area contributed by atoms with Crippen LogP contribution in [0, 0.1) is 12.8 Å². The first-order chi connectivity index (χ1) is 8.43. The summed E-state index contributed by atoms with van der Waals surface area (Å²) >= 11 is 5.93. The predicted octanol–water partition coefficient (Wildman–Crippen LogP) is 2.46. The predicted molar refractivity (Wildman–Crippen MR) is 75.8 cm³/mol. The highest BCUT2D eigenvalue weighted by molar-refractivity contribution is 6.30. The third kappa shape index (κ3) is 4.31. The molecule has 0 saturated heterocycles. The number of amides is 1. The average Bonchev–Trinajstić information content (AvgIpc) is 2.31. The van der Waals surface area contributed by atoms with Crippen molar-refractivity contribution in [3.05, 3.63) is 34.3 Å². The number of hydrogen-bond acceptors (Lipinski definition) is 2. The van der Waals surface area contributed by atoms with Crippen molar-refractivity contribution in [2.45, 2.75) is 20.4 Å². The van der Waals surface area contributed by atoms with E-state index in [2.05, 4.69) is 17.1 Å². The van der Waals surface area contributed by atoms with Crippen LogP contribution in [0.25, 0.3) is 0 Å². The molecule has 1 N–H and O–H groups in total. The van der Waals surface area contributed by atoms with Gasteiger partial charge >= 0.3 is 0 Å². The van der Waals surface area contributed by atoms with E-state index in [1.165, 1.54) is 11.1 Å². The van der Waals surface area contributed by atoms with Crippen molar-refractivity contribution >= 4 is 17.5 Å². The molecule has 1 unspecified atom stereocenters. The van der Waals surface area contributed by atoms with Crippen molar-refractivity contribution in [1.29, 1.82) is 0 Å². The molecule has 0 bridgehead atoms. The second-order valence-electron chi connectivity index (χ2n) is 4.78. The summed E-state index contributed by atoms with van der Waals surface area (Å²) in [5.74, 6) is 0.0716. The smallest absolute Gasteiger partial charge is 0.223 e. The average molecular weight is 269 g/mol. The molecule has 1 aromatic rings. The summed E-state index contributed by atoms with van der Waals surface area (Å²) in [4.78, 5) is 13.6. The summed E-state index contributed by atoms with van der Waals surface area (Å²) in [6, 6.07) is 5.91. The van der Waals surface area contributed by atoms with Crippen molar-refractivity contribution in [2.75, 3.05) is 20.6 Å². The summed E-state index contributed by atoms with van der Waals surface area (Å²) in [5, 5.41) is 3.43. The van der Waals surface area contributed by atoms with Crippen LogP contribution in [0.15, 0.2) is 18.2 Å². The standard InChI is InChI=1S/C14H21ClN2O/c1-10-7-13(15)6-5-12(10)9-17(4)8-11(2)14(18)16-3/h5-7,11H,8-9H2,1-4H3,(H,16,18). The SMILES string of the molecule is CNC(=O)C(C)CN(C)Cc1ccc(Cl)cc1C. The molecule has 0 aliphatic rings. The molecule has 1 amide bonds. The molecule has 18 heavy (non-hydrogen) atoms. The van der Waals surface area contributed by atoms with Gasteiger partial charge in [0.15, 0.2) is 0 Å². The Morgan fingerprint density at radius 1 is 1.50 bits per heavy atom. The van der Waals surface area contributed by atoms with Crippen LogP contribution in [-0.4, -0.2) is 31.4 Å². The van der Waals surface area contributed by atoms with Gasteiger partial charge in [0.05, 0.1) is 0 Å². The molecule has 0 aromatic heterocycles. The largest absolute Gasteiger partial charge is 0.359 e. The van der Waals surface area contributed by atoms with E-state index in [-0.39, 0.29) is 11.8 Å². The third-order valence-corrected chi connectivity index (χ3v) is 3.26. The Balaban J connectivity index is 2.59. The third-order valence-electron chi connectivity index (χ3n) is 3.02. The number of benzene rings is 1. The van der Waals surface area contributed by atoms with E-state index in [0.717, 1.165) is 18.1 Å². The van der Waals surface area contributed by atoms with Gasteiger partial charge in [-0.05, 0) is 37.2 Å². The van der Waals surface area contributed by atoms with Crippen molar-refractivity contribution in [1.82, 2.24) is 10.2 Å². The van der Waals surface area contributed by atoms with Gasteiger partial charge in [0, 0.05) is 31.1 Å². The van der Waals surface area contributed by atoms with Gasteiger partial charge in [0.2, 0.25) is 5.91 Å². The highest BCUT2D eigenvalue weighted by atomic mass is 35.5. The maximum atomic E-state index is 11.5. The minimum atomic E-state index is -0.00685. The van der Waals surface area contributed by atoms with E-state index in [9.17, 15) is 4.79 Å². The van der Waals surface area contributed by atoms with Gasteiger partial charge in [0.25, 0.3) is 0 Å². The van der Waals surface area contributed by atoms with E-state index in [1.807, 2.05) is 32.2 Å². The molecule has 100 valence electrons. The normalized spacial score (nSPS) is 12.6. The molecule has 0 saturated carbocycles. The van der Waals surface area contributed by atoms with Gasteiger partial charge in [0.1, 0.15) is 0 Å².